The summed E-state index contributed by atoms with van der Waals surface area (Å²) >= 11 is 0. The summed E-state index contributed by atoms with van der Waals surface area (Å²) in [5.74, 6) is 0. The molecule has 1 saturated carbocycles. The maximum atomic E-state index is 3.72. The summed E-state index contributed by atoms with van der Waals surface area (Å²) in [6.45, 7) is 11.3. The van der Waals surface area contributed by atoms with E-state index >= 15 is 0 Å². The van der Waals surface area contributed by atoms with E-state index in [0.717, 1.165) is 0 Å². The van der Waals surface area contributed by atoms with Crippen LogP contribution in [0.5, 0.6) is 0 Å². The molecule has 1 aromatic rings. The highest BCUT2D eigenvalue weighted by molar-refractivity contribution is 5.32. The first-order valence-corrected chi connectivity index (χ1v) is 6.23. The van der Waals surface area contributed by atoms with Gasteiger partial charge in [-0.2, -0.15) is 0 Å². The zero-order chi connectivity index (χ0) is 11.9. The van der Waals surface area contributed by atoms with E-state index in [1.807, 2.05) is 0 Å². The predicted molar refractivity (Wildman–Crippen MR) is 69.7 cm³/mol. The predicted octanol–water partition coefficient (Wildman–Crippen LogP) is 3.75. The van der Waals surface area contributed by atoms with Gasteiger partial charge < -0.3 is 5.32 Å². The molecule has 1 N–H and O–H groups in total. The van der Waals surface area contributed by atoms with Gasteiger partial charge in [0, 0.05) is 12.1 Å². The van der Waals surface area contributed by atoms with E-state index in [2.05, 4.69) is 58.1 Å². The van der Waals surface area contributed by atoms with Crippen LogP contribution in [0.25, 0.3) is 0 Å². The second-order valence-corrected chi connectivity index (χ2v) is 5.99. The van der Waals surface area contributed by atoms with Gasteiger partial charge in [-0.25, -0.2) is 0 Å². The maximum absolute atomic E-state index is 3.72. The van der Waals surface area contributed by atoms with E-state index in [9.17, 15) is 0 Å². The van der Waals surface area contributed by atoms with Gasteiger partial charge in [-0.3, -0.25) is 0 Å². The minimum absolute atomic E-state index is 0.465. The lowest BCUT2D eigenvalue weighted by molar-refractivity contribution is 0.490. The lowest BCUT2D eigenvalue weighted by Gasteiger charge is -2.18. The smallest absolute Gasteiger partial charge is 0.0297 e. The van der Waals surface area contributed by atoms with Crippen molar-refractivity contribution < 1.29 is 0 Å². The molecule has 0 aliphatic heterocycles. The Morgan fingerprint density at radius 1 is 1.31 bits per heavy atom. The fraction of sp³-hybridized carbons (Fsp3) is 0.600. The number of benzene rings is 1. The van der Waals surface area contributed by atoms with Crippen LogP contribution >= 0.6 is 0 Å². The molecule has 1 aromatic carbocycles. The summed E-state index contributed by atoms with van der Waals surface area (Å²) in [5.41, 5.74) is 4.69. The van der Waals surface area contributed by atoms with Crippen molar-refractivity contribution in [2.45, 2.75) is 53.1 Å². The van der Waals surface area contributed by atoms with Crippen molar-refractivity contribution >= 4 is 0 Å². The van der Waals surface area contributed by atoms with Gasteiger partial charge in [-0.05, 0) is 43.7 Å². The topological polar surface area (TPSA) is 12.0 Å². The first-order valence-electron chi connectivity index (χ1n) is 6.23. The van der Waals surface area contributed by atoms with Crippen molar-refractivity contribution in [2.24, 2.45) is 5.41 Å². The standard InChI is InChI=1S/C15H23N/c1-10-6-7-13(11(2)8-10)12(3)16-14-9-15(14,4)5/h6-8,12,14,16H,9H2,1-5H3. The molecule has 0 amide bonds. The van der Waals surface area contributed by atoms with Gasteiger partial charge in [-0.1, -0.05) is 37.6 Å². The van der Waals surface area contributed by atoms with Crippen LogP contribution in [0.1, 0.15) is 49.9 Å². The Bertz CT molecular complexity index is 392. The molecule has 0 spiro atoms. The Hall–Kier alpha value is -0.820. The van der Waals surface area contributed by atoms with E-state index in [0.29, 0.717) is 17.5 Å². The van der Waals surface area contributed by atoms with E-state index in [-0.39, 0.29) is 0 Å². The Labute approximate surface area is 99.3 Å². The van der Waals surface area contributed by atoms with Crippen LogP contribution in [0.4, 0.5) is 0 Å². The largest absolute Gasteiger partial charge is 0.307 e. The first kappa shape index (κ1) is 11.7. The highest BCUT2D eigenvalue weighted by Gasteiger charge is 2.45. The van der Waals surface area contributed by atoms with Crippen LogP contribution in [0.3, 0.4) is 0 Å². The summed E-state index contributed by atoms with van der Waals surface area (Å²) in [6.07, 6.45) is 1.31. The summed E-state index contributed by atoms with van der Waals surface area (Å²) < 4.78 is 0. The van der Waals surface area contributed by atoms with Crippen molar-refractivity contribution in [1.29, 1.82) is 0 Å². The molecular formula is C15H23N. The van der Waals surface area contributed by atoms with Gasteiger partial charge in [0.05, 0.1) is 0 Å². The summed E-state index contributed by atoms with van der Waals surface area (Å²) in [7, 11) is 0. The number of aryl methyl sites for hydroxylation is 2. The van der Waals surface area contributed by atoms with Crippen LogP contribution in [-0.4, -0.2) is 6.04 Å². The molecule has 0 bridgehead atoms. The van der Waals surface area contributed by atoms with E-state index in [1.165, 1.54) is 23.1 Å². The molecule has 0 radical (unpaired) electrons. The highest BCUT2D eigenvalue weighted by atomic mass is 15.0. The Morgan fingerprint density at radius 2 is 1.94 bits per heavy atom. The van der Waals surface area contributed by atoms with Crippen molar-refractivity contribution in [3.63, 3.8) is 0 Å². The molecule has 88 valence electrons. The van der Waals surface area contributed by atoms with Gasteiger partial charge in [0.25, 0.3) is 0 Å². The fourth-order valence-electron chi connectivity index (χ4n) is 2.45. The molecule has 0 aromatic heterocycles. The molecule has 0 saturated heterocycles. The highest BCUT2D eigenvalue weighted by Crippen LogP contribution is 2.45. The molecule has 1 aliphatic carbocycles. The number of rotatable bonds is 3. The van der Waals surface area contributed by atoms with Crippen molar-refractivity contribution in [3.8, 4) is 0 Å². The molecule has 0 heterocycles. The molecule has 1 fully saturated rings. The Morgan fingerprint density at radius 3 is 2.44 bits per heavy atom. The minimum Gasteiger partial charge on any atom is -0.307 e. The third-order valence-corrected chi connectivity index (χ3v) is 3.86. The normalized spacial score (nSPS) is 24.2. The van der Waals surface area contributed by atoms with Crippen molar-refractivity contribution in [1.82, 2.24) is 5.32 Å². The Balaban J connectivity index is 2.06. The van der Waals surface area contributed by atoms with Crippen LogP contribution in [0.15, 0.2) is 18.2 Å². The van der Waals surface area contributed by atoms with E-state index in [4.69, 9.17) is 0 Å². The molecule has 2 rings (SSSR count). The van der Waals surface area contributed by atoms with Gasteiger partial charge in [0.15, 0.2) is 0 Å². The van der Waals surface area contributed by atoms with Gasteiger partial charge in [-0.15, -0.1) is 0 Å². The molecule has 1 aliphatic rings. The fourth-order valence-corrected chi connectivity index (χ4v) is 2.45. The van der Waals surface area contributed by atoms with Gasteiger partial charge in [0.1, 0.15) is 0 Å². The third kappa shape index (κ3) is 2.30. The van der Waals surface area contributed by atoms with E-state index < -0.39 is 0 Å². The average Bonchev–Trinajstić information content (AvgIpc) is 2.72. The van der Waals surface area contributed by atoms with Crippen LogP contribution in [0, 0.1) is 19.3 Å². The monoisotopic (exact) mass is 217 g/mol. The Kier molecular flexibility index (Phi) is 2.83. The van der Waals surface area contributed by atoms with Crippen LogP contribution in [-0.2, 0) is 0 Å². The number of hydrogen-bond donors (Lipinski definition) is 1. The number of nitrogens with one attached hydrogen (secondary N) is 1. The molecule has 1 nitrogen and oxygen atoms in total. The van der Waals surface area contributed by atoms with Crippen molar-refractivity contribution in [3.05, 3.63) is 34.9 Å². The van der Waals surface area contributed by atoms with Gasteiger partial charge in [0.2, 0.25) is 0 Å². The molecule has 1 heteroatoms. The molecule has 2 unspecified atom stereocenters. The lowest BCUT2D eigenvalue weighted by Crippen LogP contribution is -2.24. The quantitative estimate of drug-likeness (QED) is 0.813. The zero-order valence-electron chi connectivity index (χ0n) is 11.1. The van der Waals surface area contributed by atoms with Crippen LogP contribution in [0.2, 0.25) is 0 Å². The minimum atomic E-state index is 0.465. The SMILES string of the molecule is Cc1ccc(C(C)NC2CC2(C)C)c(C)c1. The average molecular weight is 217 g/mol. The third-order valence-electron chi connectivity index (χ3n) is 3.86. The maximum Gasteiger partial charge on any atom is 0.0297 e. The summed E-state index contributed by atoms with van der Waals surface area (Å²) in [6, 6.07) is 7.90. The second kappa shape index (κ2) is 3.89. The summed E-state index contributed by atoms with van der Waals surface area (Å²) in [5, 5.41) is 3.72. The molecule has 16 heavy (non-hydrogen) atoms. The summed E-state index contributed by atoms with van der Waals surface area (Å²) in [4.78, 5) is 0. The lowest BCUT2D eigenvalue weighted by atomic mass is 10.00. The molecule has 2 atom stereocenters. The number of hydrogen-bond acceptors (Lipinski definition) is 1. The zero-order valence-corrected chi connectivity index (χ0v) is 11.1. The van der Waals surface area contributed by atoms with Gasteiger partial charge >= 0.3 is 0 Å². The van der Waals surface area contributed by atoms with Crippen molar-refractivity contribution in [2.75, 3.05) is 0 Å². The van der Waals surface area contributed by atoms with Crippen LogP contribution < -0.4 is 5.32 Å². The molecular weight excluding hydrogens is 194 g/mol. The second-order valence-electron chi connectivity index (χ2n) is 5.99. The first-order chi connectivity index (χ1) is 7.40. The van der Waals surface area contributed by atoms with E-state index in [1.54, 1.807) is 0 Å².